The summed E-state index contributed by atoms with van der Waals surface area (Å²) in [4.78, 5) is 28.0. The molecule has 2 heterocycles. The number of benzene rings is 1. The molecule has 2 atom stereocenters. The highest BCUT2D eigenvalue weighted by Crippen LogP contribution is 2.43. The van der Waals surface area contributed by atoms with E-state index >= 15 is 0 Å². The predicted octanol–water partition coefficient (Wildman–Crippen LogP) is 0.969. The number of hydrogen-bond acceptors (Lipinski definition) is 5. The molecule has 1 aromatic rings. The summed E-state index contributed by atoms with van der Waals surface area (Å²) in [6.07, 6.45) is 0.838. The monoisotopic (exact) mass is 402 g/mol. The Morgan fingerprint density at radius 1 is 1.19 bits per heavy atom. The van der Waals surface area contributed by atoms with Crippen molar-refractivity contribution in [2.75, 3.05) is 26.3 Å². The molecule has 0 unspecified atom stereocenters. The van der Waals surface area contributed by atoms with E-state index in [2.05, 4.69) is 0 Å². The summed E-state index contributed by atoms with van der Waals surface area (Å²) in [6, 6.07) is 1.44. The molecule has 3 N–H and O–H groups in total. The second kappa shape index (κ2) is 7.60. The van der Waals surface area contributed by atoms with Crippen LogP contribution in [-0.4, -0.2) is 75.3 Å². The molecule has 0 aromatic heterocycles. The van der Waals surface area contributed by atoms with Crippen LogP contribution in [0, 0.1) is 0 Å². The zero-order chi connectivity index (χ0) is 19.0. The summed E-state index contributed by atoms with van der Waals surface area (Å²) < 4.78 is 0. The van der Waals surface area contributed by atoms with E-state index in [4.69, 9.17) is 23.2 Å². The summed E-state index contributed by atoms with van der Waals surface area (Å²) in [5.41, 5.74) is 0.483. The fraction of sp³-hybridized carbons (Fsp3) is 0.529. The number of piperidine rings is 1. The van der Waals surface area contributed by atoms with Crippen LogP contribution in [0.4, 0.5) is 0 Å². The molecule has 2 amide bonds. The van der Waals surface area contributed by atoms with Gasteiger partial charge in [0, 0.05) is 12.1 Å². The number of piperazine rings is 1. The molecule has 142 valence electrons. The molecule has 0 radical (unpaired) electrons. The van der Waals surface area contributed by atoms with E-state index in [0.717, 1.165) is 0 Å². The number of aliphatic hydroxyl groups is 2. The van der Waals surface area contributed by atoms with Crippen molar-refractivity contribution < 1.29 is 24.9 Å². The second-order valence-electron chi connectivity index (χ2n) is 6.60. The van der Waals surface area contributed by atoms with Crippen LogP contribution in [0.1, 0.15) is 24.3 Å². The molecule has 2 aliphatic heterocycles. The zero-order valence-electron chi connectivity index (χ0n) is 13.9. The van der Waals surface area contributed by atoms with Crippen molar-refractivity contribution in [1.29, 1.82) is 0 Å². The minimum absolute atomic E-state index is 0.00730. The number of phenols is 1. The van der Waals surface area contributed by atoms with Gasteiger partial charge >= 0.3 is 0 Å². The van der Waals surface area contributed by atoms with Crippen LogP contribution in [0.5, 0.6) is 5.75 Å². The highest BCUT2D eigenvalue weighted by molar-refractivity contribution is 6.42. The number of fused-ring (bicyclic) bond motifs is 1. The lowest BCUT2D eigenvalue weighted by Gasteiger charge is -2.46. The normalized spacial score (nSPS) is 23.6. The van der Waals surface area contributed by atoms with Crippen LogP contribution >= 0.6 is 23.2 Å². The third-order valence-electron chi connectivity index (χ3n) is 5.18. The van der Waals surface area contributed by atoms with E-state index in [-0.39, 0.29) is 41.5 Å². The topological polar surface area (TPSA) is 101 Å². The molecule has 9 heteroatoms. The van der Waals surface area contributed by atoms with Crippen molar-refractivity contribution in [2.45, 2.75) is 30.8 Å². The quantitative estimate of drug-likeness (QED) is 0.696. The average molecular weight is 403 g/mol. The predicted molar refractivity (Wildman–Crippen MR) is 95.3 cm³/mol. The van der Waals surface area contributed by atoms with Gasteiger partial charge in [-0.05, 0) is 30.9 Å². The third kappa shape index (κ3) is 3.24. The minimum Gasteiger partial charge on any atom is -0.508 e. The van der Waals surface area contributed by atoms with Crippen LogP contribution < -0.4 is 0 Å². The lowest BCUT2D eigenvalue weighted by atomic mass is 9.83. The van der Waals surface area contributed by atoms with Gasteiger partial charge in [0.2, 0.25) is 11.8 Å². The minimum atomic E-state index is -0.808. The van der Waals surface area contributed by atoms with Gasteiger partial charge in [-0.25, -0.2) is 0 Å². The maximum Gasteiger partial charge on any atom is 0.246 e. The Morgan fingerprint density at radius 3 is 2.54 bits per heavy atom. The van der Waals surface area contributed by atoms with Gasteiger partial charge in [0.1, 0.15) is 18.3 Å². The SMILES string of the molecule is O=C1[C@@H]2C[C@H](c3c(O)ccc(Cl)c3Cl)CCN2C(=O)CN1C(CO)CO. The first-order valence-corrected chi connectivity index (χ1v) is 9.13. The molecule has 2 fully saturated rings. The van der Waals surface area contributed by atoms with Crippen LogP contribution in [0.3, 0.4) is 0 Å². The average Bonchev–Trinajstić information content (AvgIpc) is 2.63. The van der Waals surface area contributed by atoms with Crippen molar-refractivity contribution in [1.82, 2.24) is 9.80 Å². The first kappa shape index (κ1) is 19.2. The zero-order valence-corrected chi connectivity index (χ0v) is 15.4. The van der Waals surface area contributed by atoms with E-state index in [1.165, 1.54) is 21.9 Å². The summed E-state index contributed by atoms with van der Waals surface area (Å²) >= 11 is 12.3. The number of phenolic OH excluding ortho intramolecular Hbond substituents is 1. The molecule has 2 aliphatic rings. The number of halogens is 2. The highest BCUT2D eigenvalue weighted by atomic mass is 35.5. The summed E-state index contributed by atoms with van der Waals surface area (Å²) in [5.74, 6) is -0.768. The molecule has 26 heavy (non-hydrogen) atoms. The first-order chi connectivity index (χ1) is 12.4. The number of aliphatic hydroxyl groups excluding tert-OH is 2. The van der Waals surface area contributed by atoms with Gasteiger partial charge in [-0.3, -0.25) is 9.59 Å². The Kier molecular flexibility index (Phi) is 5.62. The van der Waals surface area contributed by atoms with E-state index < -0.39 is 25.3 Å². The van der Waals surface area contributed by atoms with Crippen LogP contribution in [0.15, 0.2) is 12.1 Å². The van der Waals surface area contributed by atoms with Crippen molar-refractivity contribution in [3.8, 4) is 5.75 Å². The number of carbonyl (C=O) groups excluding carboxylic acids is 2. The standard InChI is InChI=1S/C17H20Cl2N2O5/c18-11-1-2-13(24)15(16(11)19)9-3-4-20-12(5-9)17(26)21(6-14(20)25)10(7-22)8-23/h1-2,9-10,12,22-24H,3-8H2/t9-,12+/m1/s1. The van der Waals surface area contributed by atoms with Crippen LogP contribution in [0.25, 0.3) is 0 Å². The Hall–Kier alpha value is -1.54. The van der Waals surface area contributed by atoms with Crippen LogP contribution in [-0.2, 0) is 9.59 Å². The Morgan fingerprint density at radius 2 is 1.88 bits per heavy atom. The Bertz CT molecular complexity index is 725. The second-order valence-corrected chi connectivity index (χ2v) is 7.39. The number of amides is 2. The summed E-state index contributed by atoms with van der Waals surface area (Å²) in [7, 11) is 0. The van der Waals surface area contributed by atoms with Gasteiger partial charge < -0.3 is 25.1 Å². The summed E-state index contributed by atoms with van der Waals surface area (Å²) in [6.45, 7) is -0.646. The van der Waals surface area contributed by atoms with Gasteiger partial charge in [0.25, 0.3) is 0 Å². The largest absolute Gasteiger partial charge is 0.508 e. The number of carbonyl (C=O) groups is 2. The van der Waals surface area contributed by atoms with Crippen LogP contribution in [0.2, 0.25) is 10.0 Å². The molecule has 0 aliphatic carbocycles. The molecule has 0 spiro atoms. The van der Waals surface area contributed by atoms with Crippen molar-refractivity contribution >= 4 is 35.0 Å². The van der Waals surface area contributed by atoms with Crippen molar-refractivity contribution in [3.63, 3.8) is 0 Å². The van der Waals surface area contributed by atoms with Gasteiger partial charge in [0.05, 0.1) is 29.3 Å². The van der Waals surface area contributed by atoms with E-state index in [0.29, 0.717) is 23.6 Å². The van der Waals surface area contributed by atoms with E-state index in [1.807, 2.05) is 0 Å². The number of nitrogens with zero attached hydrogens (tertiary/aromatic N) is 2. The molecule has 0 saturated carbocycles. The van der Waals surface area contributed by atoms with E-state index in [1.54, 1.807) is 0 Å². The number of rotatable bonds is 4. The Labute approximate surface area is 160 Å². The molecular formula is C17H20Cl2N2O5. The third-order valence-corrected chi connectivity index (χ3v) is 6.00. The lowest BCUT2D eigenvalue weighted by Crippen LogP contribution is -2.64. The molecule has 1 aromatic carbocycles. The van der Waals surface area contributed by atoms with Crippen molar-refractivity contribution in [3.05, 3.63) is 27.7 Å². The number of hydrogen-bond donors (Lipinski definition) is 3. The molecule has 7 nitrogen and oxygen atoms in total. The summed E-state index contributed by atoms with van der Waals surface area (Å²) in [5, 5.41) is 29.5. The molecule has 3 rings (SSSR count). The van der Waals surface area contributed by atoms with Gasteiger partial charge in [-0.15, -0.1) is 0 Å². The smallest absolute Gasteiger partial charge is 0.246 e. The molecule has 2 saturated heterocycles. The fourth-order valence-electron chi connectivity index (χ4n) is 3.77. The van der Waals surface area contributed by atoms with Gasteiger partial charge in [-0.2, -0.15) is 0 Å². The lowest BCUT2D eigenvalue weighted by molar-refractivity contribution is -0.162. The maximum absolute atomic E-state index is 12.9. The highest BCUT2D eigenvalue weighted by Gasteiger charge is 2.45. The maximum atomic E-state index is 12.9. The van der Waals surface area contributed by atoms with Crippen molar-refractivity contribution in [2.24, 2.45) is 0 Å². The van der Waals surface area contributed by atoms with E-state index in [9.17, 15) is 24.9 Å². The van der Waals surface area contributed by atoms with Gasteiger partial charge in [-0.1, -0.05) is 23.2 Å². The molecular weight excluding hydrogens is 383 g/mol. The Balaban J connectivity index is 1.89. The number of aromatic hydroxyl groups is 1. The van der Waals surface area contributed by atoms with Gasteiger partial charge in [0.15, 0.2) is 0 Å². The first-order valence-electron chi connectivity index (χ1n) is 8.37. The molecule has 0 bridgehead atoms. The fourth-order valence-corrected chi connectivity index (χ4v) is 4.25.